The molecule has 1 saturated heterocycles. The van der Waals surface area contributed by atoms with Gasteiger partial charge in [-0.25, -0.2) is 4.79 Å². The van der Waals surface area contributed by atoms with Gasteiger partial charge in [0.15, 0.2) is 11.7 Å². The van der Waals surface area contributed by atoms with Gasteiger partial charge in [-0.3, -0.25) is 68.4 Å². The molecule has 1 aromatic heterocycles. The zero-order valence-electron chi connectivity index (χ0n) is 45.2. The van der Waals surface area contributed by atoms with E-state index in [1.807, 2.05) is 0 Å². The van der Waals surface area contributed by atoms with Crippen LogP contribution < -0.4 is 65.2 Å². The lowest BCUT2D eigenvalue weighted by Crippen LogP contribution is -2.63. The number of nitrogens with zero attached hydrogens (tertiary/aromatic N) is 4. The minimum Gasteiger partial charge on any atom is -0.497 e. The summed E-state index contributed by atoms with van der Waals surface area (Å²) in [7, 11) is 1.41. The first kappa shape index (κ1) is 63.4. The molecule has 0 spiro atoms. The van der Waals surface area contributed by atoms with Crippen LogP contribution in [-0.4, -0.2) is 137 Å². The Kier molecular flexibility index (Phi) is 22.2. The number of rotatable bonds is 28. The van der Waals surface area contributed by atoms with Gasteiger partial charge in [-0.05, 0) is 75.5 Å². The molecule has 30 nitrogen and oxygen atoms in total. The SMILES string of the molecule is COc1ccc2c([C@@]3(C(=O)N[C@@H](CC(C)C)C(=O)NCC(=O)N[C@@H](CC(C)C)C(=O)NC(C(=O)c4ccc([N+](=O)[O-])cc4[N+](=O)[O-])C(N)C(=O)N[C@@H](C)C(=O)N[C@@H](CCCN=C(N)N)C(N)=O)CCCN3C(C)=O)cc(=O)oc2c1. The Hall–Kier alpha value is -9.09. The maximum absolute atomic E-state index is 14.8. The van der Waals surface area contributed by atoms with E-state index in [1.165, 1.54) is 31.9 Å². The second-order valence-electron chi connectivity index (χ2n) is 19.8. The van der Waals surface area contributed by atoms with Crippen molar-refractivity contribution in [3.05, 3.63) is 84.2 Å². The van der Waals surface area contributed by atoms with E-state index in [0.29, 0.717) is 29.7 Å². The summed E-state index contributed by atoms with van der Waals surface area (Å²) in [5, 5.41) is 38.6. The standard InChI is InChI=1S/C50H68N14O16/c1-24(2)18-34(60-48(74)50(15-9-17-62(50)27(6)65)32-22-39(67)80-37-21-29(79-7)12-14-30(32)37)45(71)56-23-38(66)58-35(19-25(3)4)46(72)61-41(42(68)31-13-11-28(63(75)76)20-36(31)64(77)78)40(51)47(73)57-26(5)44(70)59-33(43(52)69)10-8-16-55-49(53)54/h11-14,20-22,24-26,33-35,40-41H,8-10,15-19,23,51H2,1-7H3,(H2,52,69)(H,56,71)(H,57,73)(H,58,66)(H,59,70)(H,60,74)(H,61,72)(H4,53,54,55)/t26-,33-,34-,35-,40?,41?,50+/m0/s1. The van der Waals surface area contributed by atoms with Crippen LogP contribution in [0.25, 0.3) is 11.0 Å². The number of nitro groups is 2. The van der Waals surface area contributed by atoms with Gasteiger partial charge in [0, 0.05) is 49.2 Å². The van der Waals surface area contributed by atoms with Crippen LogP contribution in [0, 0.1) is 32.1 Å². The summed E-state index contributed by atoms with van der Waals surface area (Å²) in [6.07, 6.45) is 0.397. The molecule has 4 rings (SSSR count). The number of aliphatic imine (C=N–C) groups is 1. The summed E-state index contributed by atoms with van der Waals surface area (Å²) >= 11 is 0. The highest BCUT2D eigenvalue weighted by Crippen LogP contribution is 2.42. The first-order chi connectivity index (χ1) is 37.5. The molecule has 0 saturated carbocycles. The third-order valence-electron chi connectivity index (χ3n) is 12.9. The molecule has 1 aliphatic rings. The zero-order chi connectivity index (χ0) is 59.9. The largest absolute Gasteiger partial charge is 0.497 e. The minimum absolute atomic E-state index is 0.0118. The maximum atomic E-state index is 14.8. The second kappa shape index (κ2) is 28.0. The number of carbonyl (C=O) groups excluding carboxylic acids is 9. The van der Waals surface area contributed by atoms with Crippen molar-refractivity contribution in [2.45, 2.75) is 122 Å². The maximum Gasteiger partial charge on any atom is 0.336 e. The van der Waals surface area contributed by atoms with E-state index < -0.39 is 140 Å². The summed E-state index contributed by atoms with van der Waals surface area (Å²) in [5.74, 6) is -9.44. The summed E-state index contributed by atoms with van der Waals surface area (Å²) in [6, 6.07) is -2.44. The van der Waals surface area contributed by atoms with Gasteiger partial charge in [-0.1, -0.05) is 27.7 Å². The highest BCUT2D eigenvalue weighted by Gasteiger charge is 2.52. The van der Waals surface area contributed by atoms with Crippen LogP contribution in [0.5, 0.6) is 5.75 Å². The van der Waals surface area contributed by atoms with Crippen molar-refractivity contribution >= 4 is 81.3 Å². The lowest BCUT2D eigenvalue weighted by molar-refractivity contribution is -0.394. The summed E-state index contributed by atoms with van der Waals surface area (Å²) < 4.78 is 10.7. The van der Waals surface area contributed by atoms with Gasteiger partial charge < -0.3 is 68.9 Å². The van der Waals surface area contributed by atoms with Gasteiger partial charge in [-0.2, -0.15) is 0 Å². The number of methoxy groups -OCH3 is 1. The molecule has 2 heterocycles. The molecule has 30 heteroatoms. The molecule has 7 atom stereocenters. The van der Waals surface area contributed by atoms with Crippen molar-refractivity contribution in [1.29, 1.82) is 0 Å². The van der Waals surface area contributed by atoms with Crippen molar-refractivity contribution in [3.8, 4) is 5.75 Å². The van der Waals surface area contributed by atoms with E-state index in [1.54, 1.807) is 39.8 Å². The van der Waals surface area contributed by atoms with Gasteiger partial charge in [0.2, 0.25) is 41.4 Å². The van der Waals surface area contributed by atoms with E-state index in [2.05, 4.69) is 36.9 Å². The Labute approximate surface area is 457 Å². The second-order valence-corrected chi connectivity index (χ2v) is 19.8. The Bertz CT molecular complexity index is 2980. The van der Waals surface area contributed by atoms with Gasteiger partial charge >= 0.3 is 5.63 Å². The number of carbonyl (C=O) groups is 9. The lowest BCUT2D eigenvalue weighted by Gasteiger charge is -2.38. The molecule has 0 aliphatic carbocycles. The average Bonchev–Trinajstić information content (AvgIpc) is 4.07. The zero-order valence-corrected chi connectivity index (χ0v) is 45.2. The molecule has 0 bridgehead atoms. The monoisotopic (exact) mass is 1120 g/mol. The van der Waals surface area contributed by atoms with Crippen molar-refractivity contribution < 1.29 is 62.2 Å². The molecule has 80 heavy (non-hydrogen) atoms. The predicted molar refractivity (Wildman–Crippen MR) is 286 cm³/mol. The third-order valence-corrected chi connectivity index (χ3v) is 12.9. The van der Waals surface area contributed by atoms with Gasteiger partial charge in [0.05, 0.1) is 35.1 Å². The number of hydrogen-bond donors (Lipinski definition) is 10. The quantitative estimate of drug-likeness (QED) is 0.00781. The van der Waals surface area contributed by atoms with Crippen molar-refractivity contribution in [2.75, 3.05) is 26.7 Å². The van der Waals surface area contributed by atoms with Crippen LogP contribution >= 0.6 is 0 Å². The Morgan fingerprint density at radius 3 is 2.02 bits per heavy atom. The minimum atomic E-state index is -2.24. The molecule has 2 aromatic carbocycles. The topological polar surface area (TPSA) is 471 Å². The average molecular weight is 1120 g/mol. The molecular formula is C50H68N14O16. The number of ketones is 1. The molecule has 14 N–H and O–H groups in total. The first-order valence-corrected chi connectivity index (χ1v) is 25.3. The lowest BCUT2D eigenvalue weighted by atomic mass is 9.83. The van der Waals surface area contributed by atoms with Crippen LogP contribution in [0.2, 0.25) is 0 Å². The first-order valence-electron chi connectivity index (χ1n) is 25.3. The van der Waals surface area contributed by atoms with E-state index in [-0.39, 0.29) is 68.2 Å². The number of likely N-dealkylation sites (tertiary alicyclic amines) is 1. The number of benzene rings is 2. The number of non-ortho nitro benzene ring substituents is 1. The number of nitrogens with two attached hydrogens (primary N) is 4. The van der Waals surface area contributed by atoms with Crippen LogP contribution in [0.15, 0.2) is 56.7 Å². The third kappa shape index (κ3) is 16.2. The number of nitrogens with one attached hydrogen (secondary N) is 6. The molecule has 0 radical (unpaired) electrons. The molecule has 8 amide bonds. The van der Waals surface area contributed by atoms with Crippen LogP contribution in [0.1, 0.15) is 96.0 Å². The Morgan fingerprint density at radius 2 is 1.45 bits per heavy atom. The van der Waals surface area contributed by atoms with Gasteiger partial charge in [0.1, 0.15) is 53.1 Å². The van der Waals surface area contributed by atoms with Crippen LogP contribution in [0.3, 0.4) is 0 Å². The van der Waals surface area contributed by atoms with Crippen LogP contribution in [-0.2, 0) is 43.9 Å². The highest BCUT2D eigenvalue weighted by atomic mass is 16.6. The number of amides is 8. The fourth-order valence-electron chi connectivity index (χ4n) is 9.06. The number of hydrogen-bond acceptors (Lipinski definition) is 18. The summed E-state index contributed by atoms with van der Waals surface area (Å²) in [5.41, 5.74) is 17.3. The summed E-state index contributed by atoms with van der Waals surface area (Å²) in [6.45, 7) is 8.66. The number of ether oxygens (including phenoxy) is 1. The molecule has 1 fully saturated rings. The fraction of sp³-hybridized carbons (Fsp3) is 0.500. The normalized spacial score (nSPS) is 16.2. The van der Waals surface area contributed by atoms with Gasteiger partial charge in [-0.15, -0.1) is 0 Å². The molecular weight excluding hydrogens is 1050 g/mol. The molecule has 1 aliphatic heterocycles. The van der Waals surface area contributed by atoms with Crippen LogP contribution in [0.4, 0.5) is 11.4 Å². The van der Waals surface area contributed by atoms with E-state index in [0.717, 1.165) is 12.1 Å². The smallest absolute Gasteiger partial charge is 0.336 e. The number of guanidine groups is 1. The molecule has 2 unspecified atom stereocenters. The van der Waals surface area contributed by atoms with Crippen molar-refractivity contribution in [2.24, 2.45) is 39.8 Å². The van der Waals surface area contributed by atoms with E-state index in [4.69, 9.17) is 32.1 Å². The van der Waals surface area contributed by atoms with Crippen molar-refractivity contribution in [3.63, 3.8) is 0 Å². The number of nitro benzene ring substituents is 2. The highest BCUT2D eigenvalue weighted by molar-refractivity contribution is 6.09. The Morgan fingerprint density at radius 1 is 0.800 bits per heavy atom. The predicted octanol–water partition coefficient (Wildman–Crippen LogP) is -1.14. The van der Waals surface area contributed by atoms with E-state index >= 15 is 0 Å². The summed E-state index contributed by atoms with van der Waals surface area (Å²) in [4.78, 5) is 163. The fourth-order valence-corrected chi connectivity index (χ4v) is 9.06. The Balaban J connectivity index is 1.61. The number of fused-ring (bicyclic) bond motifs is 1. The van der Waals surface area contributed by atoms with E-state index in [9.17, 15) is 68.2 Å². The number of Topliss-reactive ketones (excluding diaryl/α,β-unsaturated/α-hetero) is 1. The van der Waals surface area contributed by atoms with Crippen molar-refractivity contribution in [1.82, 2.24) is 36.8 Å². The molecule has 3 aromatic rings. The number of primary amides is 1. The van der Waals surface area contributed by atoms with Gasteiger partial charge in [0.25, 0.3) is 17.3 Å². The molecule has 434 valence electrons.